The summed E-state index contributed by atoms with van der Waals surface area (Å²) in [7, 11) is 7.78. The molecule has 0 aromatic heterocycles. The summed E-state index contributed by atoms with van der Waals surface area (Å²) >= 11 is 0. The van der Waals surface area contributed by atoms with E-state index in [-0.39, 0.29) is 19.6 Å². The van der Waals surface area contributed by atoms with Gasteiger partial charge in [-0.2, -0.15) is 0 Å². The van der Waals surface area contributed by atoms with Crippen LogP contribution >= 0.6 is 0 Å². The lowest BCUT2D eigenvalue weighted by molar-refractivity contribution is -0.173. The molecule has 0 spiro atoms. The second-order valence-corrected chi connectivity index (χ2v) is 9.91. The minimum Gasteiger partial charge on any atom is -0.497 e. The number of nitrogens with one attached hydrogen (secondary N) is 1. The van der Waals surface area contributed by atoms with Gasteiger partial charge in [-0.15, -0.1) is 0 Å². The van der Waals surface area contributed by atoms with Crippen molar-refractivity contribution >= 4 is 23.8 Å². The molecule has 1 aliphatic rings. The maximum atomic E-state index is 13.6. The number of carboxylic acids is 1. The number of hydrogen-bond donors (Lipinski definition) is 2. The molecule has 3 rings (SSSR count). The van der Waals surface area contributed by atoms with E-state index in [0.717, 1.165) is 11.1 Å². The smallest absolute Gasteiger partial charge is 0.334 e. The predicted molar refractivity (Wildman–Crippen MR) is 153 cm³/mol. The number of amides is 4. The molecule has 4 amide bonds. The number of methoxy groups -OCH3 is 3. The van der Waals surface area contributed by atoms with Crippen molar-refractivity contribution in [3.05, 3.63) is 53.6 Å². The second kappa shape index (κ2) is 14.4. The minimum absolute atomic E-state index is 0.209. The van der Waals surface area contributed by atoms with Crippen LogP contribution in [0.1, 0.15) is 24.5 Å². The molecule has 1 fully saturated rings. The highest BCUT2D eigenvalue weighted by atomic mass is 16.5. The van der Waals surface area contributed by atoms with Gasteiger partial charge in [-0.25, -0.2) is 14.8 Å². The van der Waals surface area contributed by atoms with Crippen molar-refractivity contribution in [1.29, 1.82) is 0 Å². The molecule has 2 aromatic carbocycles. The molecule has 228 valence electrons. The lowest BCUT2D eigenvalue weighted by atomic mass is 10.1. The number of aliphatic carboxylic acids is 1. The molecule has 2 N–H and O–H groups in total. The fraction of sp³-hybridized carbons (Fsp3) is 0.448. The summed E-state index contributed by atoms with van der Waals surface area (Å²) in [5, 5.41) is 15.3. The van der Waals surface area contributed by atoms with Crippen molar-refractivity contribution in [2.45, 2.75) is 38.5 Å². The Bertz CT molecular complexity index is 1270. The Morgan fingerprint density at radius 1 is 1.02 bits per heavy atom. The van der Waals surface area contributed by atoms with E-state index in [1.54, 1.807) is 59.5 Å². The first-order valence-corrected chi connectivity index (χ1v) is 13.4. The van der Waals surface area contributed by atoms with Crippen molar-refractivity contribution < 1.29 is 38.5 Å². The molecular weight excluding hydrogens is 546 g/mol. The topological polar surface area (TPSA) is 141 Å². The zero-order chi connectivity index (χ0) is 31.0. The van der Waals surface area contributed by atoms with Crippen LogP contribution in [0.2, 0.25) is 0 Å². The Morgan fingerprint density at radius 3 is 2.26 bits per heavy atom. The highest BCUT2D eigenvalue weighted by Crippen LogP contribution is 2.28. The molecule has 0 unspecified atom stereocenters. The molecule has 2 atom stereocenters. The van der Waals surface area contributed by atoms with Crippen LogP contribution in [0.15, 0.2) is 42.5 Å². The fourth-order valence-corrected chi connectivity index (χ4v) is 4.89. The van der Waals surface area contributed by atoms with Gasteiger partial charge in [0, 0.05) is 27.2 Å². The van der Waals surface area contributed by atoms with Crippen LogP contribution in [0.5, 0.6) is 17.2 Å². The summed E-state index contributed by atoms with van der Waals surface area (Å²) in [6.45, 7) is 1.85. The molecule has 13 heteroatoms. The van der Waals surface area contributed by atoms with E-state index in [1.807, 2.05) is 18.2 Å². The number of rotatable bonds is 12. The summed E-state index contributed by atoms with van der Waals surface area (Å²) in [5.41, 5.74) is 1.71. The molecule has 1 aliphatic heterocycles. The van der Waals surface area contributed by atoms with Crippen molar-refractivity contribution in [1.82, 2.24) is 25.1 Å². The van der Waals surface area contributed by atoms with Gasteiger partial charge in [-0.3, -0.25) is 14.4 Å². The van der Waals surface area contributed by atoms with E-state index in [1.165, 1.54) is 26.9 Å². The minimum atomic E-state index is -1.31. The average Bonchev–Trinajstić information content (AvgIpc) is 2.97. The lowest BCUT2D eigenvalue weighted by Crippen LogP contribution is -2.69. The molecular formula is C29H39N5O8. The molecule has 1 saturated heterocycles. The molecule has 1 heterocycles. The third-order valence-corrected chi connectivity index (χ3v) is 7.14. The lowest BCUT2D eigenvalue weighted by Gasteiger charge is -2.48. The van der Waals surface area contributed by atoms with Gasteiger partial charge in [0.2, 0.25) is 11.8 Å². The van der Waals surface area contributed by atoms with E-state index < -0.39 is 42.4 Å². The summed E-state index contributed by atoms with van der Waals surface area (Å²) in [6, 6.07) is 10.8. The third-order valence-electron chi connectivity index (χ3n) is 7.14. The quantitative estimate of drug-likeness (QED) is 0.381. The van der Waals surface area contributed by atoms with Crippen LogP contribution in [0.3, 0.4) is 0 Å². The summed E-state index contributed by atoms with van der Waals surface area (Å²) in [5.74, 6) is -0.428. The maximum absolute atomic E-state index is 13.6. The number of hydrazine groups is 1. The van der Waals surface area contributed by atoms with Gasteiger partial charge in [0.25, 0.3) is 0 Å². The summed E-state index contributed by atoms with van der Waals surface area (Å²) in [4.78, 5) is 54.5. The Morgan fingerprint density at radius 2 is 1.67 bits per heavy atom. The molecule has 0 aliphatic carbocycles. The molecule has 0 bridgehead atoms. The molecule has 0 radical (unpaired) electrons. The van der Waals surface area contributed by atoms with Crippen molar-refractivity contribution in [3.8, 4) is 17.2 Å². The van der Waals surface area contributed by atoms with Gasteiger partial charge in [0.15, 0.2) is 11.5 Å². The Kier molecular flexibility index (Phi) is 11.0. The van der Waals surface area contributed by atoms with Gasteiger partial charge in [0.05, 0.1) is 34.3 Å². The number of carbonyl (C=O) groups is 4. The SMILES string of the molecule is COc1ccc(CNC(=O)N2[C@@H](C)N([C@@H](CC(=O)O)C(=O)N(C)CCc3ccc(OC)c(OC)c3)C(=O)CN2C)cc1. The highest BCUT2D eigenvalue weighted by Gasteiger charge is 2.44. The van der Waals surface area contributed by atoms with Crippen LogP contribution in [-0.2, 0) is 27.3 Å². The number of likely N-dealkylation sites (N-methyl/N-ethyl adjacent to an activating group) is 2. The van der Waals surface area contributed by atoms with E-state index in [0.29, 0.717) is 23.7 Å². The van der Waals surface area contributed by atoms with E-state index in [9.17, 15) is 24.3 Å². The molecule has 42 heavy (non-hydrogen) atoms. The summed E-state index contributed by atoms with van der Waals surface area (Å²) < 4.78 is 15.8. The Labute approximate surface area is 245 Å². The number of carboxylic acid groups (broad SMARTS) is 1. The van der Waals surface area contributed by atoms with Gasteiger partial charge >= 0.3 is 12.0 Å². The Balaban J connectivity index is 1.74. The van der Waals surface area contributed by atoms with Crippen LogP contribution in [0, 0.1) is 0 Å². The van der Waals surface area contributed by atoms with Gasteiger partial charge in [-0.05, 0) is 48.7 Å². The molecule has 13 nitrogen and oxygen atoms in total. The van der Waals surface area contributed by atoms with E-state index in [4.69, 9.17) is 14.2 Å². The number of carbonyl (C=O) groups excluding carboxylic acids is 3. The van der Waals surface area contributed by atoms with Crippen molar-refractivity contribution in [2.24, 2.45) is 0 Å². The number of benzene rings is 2. The second-order valence-electron chi connectivity index (χ2n) is 9.91. The molecule has 0 saturated carbocycles. The number of nitrogens with zero attached hydrogens (tertiary/aromatic N) is 4. The van der Waals surface area contributed by atoms with E-state index >= 15 is 0 Å². The first-order chi connectivity index (χ1) is 20.0. The number of urea groups is 1. The zero-order valence-electron chi connectivity index (χ0n) is 24.8. The third kappa shape index (κ3) is 7.60. The average molecular weight is 586 g/mol. The van der Waals surface area contributed by atoms with Crippen molar-refractivity contribution in [2.75, 3.05) is 48.5 Å². The largest absolute Gasteiger partial charge is 0.497 e. The van der Waals surface area contributed by atoms with E-state index in [2.05, 4.69) is 5.32 Å². The van der Waals surface area contributed by atoms with Crippen LogP contribution in [-0.4, -0.2) is 109 Å². The standard InChI is InChI=1S/C29H39N5O8/c1-19-33(26(35)18-32(3)34(19)29(39)30-17-21-7-10-22(40-4)11-8-21)23(16-27(36)37)28(38)31(2)14-13-20-9-12-24(41-5)25(15-20)42-6/h7-12,15,19,23H,13-14,16-18H2,1-6H3,(H,30,39)(H,36,37)/t19-,23-/m0/s1. The number of ether oxygens (including phenoxy) is 3. The monoisotopic (exact) mass is 585 g/mol. The van der Waals surface area contributed by atoms with Gasteiger partial charge in [-0.1, -0.05) is 18.2 Å². The Hall–Kier alpha value is -4.52. The van der Waals surface area contributed by atoms with Gasteiger partial charge in [0.1, 0.15) is 18.0 Å². The first kappa shape index (κ1) is 32.0. The first-order valence-electron chi connectivity index (χ1n) is 13.4. The van der Waals surface area contributed by atoms with Crippen LogP contribution in [0.25, 0.3) is 0 Å². The number of hydrogen-bond acceptors (Lipinski definition) is 8. The van der Waals surface area contributed by atoms with Crippen molar-refractivity contribution in [3.63, 3.8) is 0 Å². The maximum Gasteiger partial charge on any atom is 0.334 e. The zero-order valence-corrected chi connectivity index (χ0v) is 24.8. The highest BCUT2D eigenvalue weighted by molar-refractivity contribution is 5.92. The summed E-state index contributed by atoms with van der Waals surface area (Å²) in [6.07, 6.45) is -1.09. The van der Waals surface area contributed by atoms with Crippen LogP contribution in [0.4, 0.5) is 4.79 Å². The molecule has 2 aromatic rings. The predicted octanol–water partition coefficient (Wildman–Crippen LogP) is 1.80. The van der Waals surface area contributed by atoms with Crippen LogP contribution < -0.4 is 19.5 Å². The normalized spacial score (nSPS) is 16.0. The van der Waals surface area contributed by atoms with Gasteiger partial charge < -0.3 is 34.4 Å². The fourth-order valence-electron chi connectivity index (χ4n) is 4.89.